The zero-order chi connectivity index (χ0) is 11.8. The molecule has 2 aromatic rings. The molecule has 5 heteroatoms. The molecular formula is C12H16N4O. The van der Waals surface area contributed by atoms with Crippen molar-refractivity contribution in [2.24, 2.45) is 0 Å². The van der Waals surface area contributed by atoms with Crippen LogP contribution in [0.3, 0.4) is 0 Å². The molecule has 0 saturated carbocycles. The number of likely N-dealkylation sites (N-methyl/N-ethyl adjacent to an activating group) is 1. The number of hydrogen-bond acceptors (Lipinski definition) is 5. The highest BCUT2D eigenvalue weighted by molar-refractivity contribution is 5.98. The quantitative estimate of drug-likeness (QED) is 0.748. The molecule has 0 radical (unpaired) electrons. The molecule has 0 amide bonds. The fourth-order valence-electron chi connectivity index (χ4n) is 2.24. The summed E-state index contributed by atoms with van der Waals surface area (Å²) >= 11 is 0. The highest BCUT2D eigenvalue weighted by Crippen LogP contribution is 2.31. The molecule has 1 aliphatic rings. The first-order valence-electron chi connectivity index (χ1n) is 5.83. The Bertz CT molecular complexity index is 528. The number of nitrogens with two attached hydrogens (primary N) is 1. The molecule has 2 heterocycles. The van der Waals surface area contributed by atoms with Gasteiger partial charge in [-0.2, -0.15) is 0 Å². The topological polar surface area (TPSA) is 58.5 Å². The first kappa shape index (κ1) is 10.4. The van der Waals surface area contributed by atoms with E-state index >= 15 is 0 Å². The van der Waals surface area contributed by atoms with Crippen LogP contribution in [-0.4, -0.2) is 43.3 Å². The molecule has 1 fully saturated rings. The Labute approximate surface area is 99.8 Å². The number of nitrogens with zero attached hydrogens (tertiary/aromatic N) is 3. The van der Waals surface area contributed by atoms with Crippen LogP contribution in [0.2, 0.25) is 0 Å². The Morgan fingerprint density at radius 1 is 1.24 bits per heavy atom. The van der Waals surface area contributed by atoms with E-state index in [0.717, 1.165) is 48.7 Å². The summed E-state index contributed by atoms with van der Waals surface area (Å²) in [6, 6.07) is 5.67. The Hall–Kier alpha value is -1.75. The van der Waals surface area contributed by atoms with E-state index in [1.54, 1.807) is 0 Å². The second-order valence-electron chi connectivity index (χ2n) is 4.52. The van der Waals surface area contributed by atoms with Crippen molar-refractivity contribution in [3.05, 3.63) is 18.2 Å². The highest BCUT2D eigenvalue weighted by atomic mass is 16.5. The van der Waals surface area contributed by atoms with Crippen molar-refractivity contribution in [1.29, 1.82) is 0 Å². The molecule has 1 aliphatic heterocycles. The van der Waals surface area contributed by atoms with Crippen molar-refractivity contribution in [1.82, 2.24) is 10.1 Å². The van der Waals surface area contributed by atoms with Gasteiger partial charge in [0, 0.05) is 31.9 Å². The fourth-order valence-corrected chi connectivity index (χ4v) is 2.24. The van der Waals surface area contributed by atoms with Gasteiger partial charge in [0.15, 0.2) is 11.4 Å². The zero-order valence-electron chi connectivity index (χ0n) is 9.89. The third kappa shape index (κ3) is 1.72. The van der Waals surface area contributed by atoms with Crippen LogP contribution < -0.4 is 10.6 Å². The molecule has 3 rings (SSSR count). The molecule has 0 unspecified atom stereocenters. The molecule has 90 valence electrons. The minimum Gasteiger partial charge on any atom is -0.398 e. The van der Waals surface area contributed by atoms with Gasteiger partial charge in [-0.05, 0) is 19.2 Å². The summed E-state index contributed by atoms with van der Waals surface area (Å²) in [4.78, 5) is 4.55. The first-order chi connectivity index (χ1) is 8.25. The summed E-state index contributed by atoms with van der Waals surface area (Å²) in [6.07, 6.45) is 0. The number of piperazine rings is 1. The van der Waals surface area contributed by atoms with Crippen LogP contribution in [-0.2, 0) is 0 Å². The maximum Gasteiger partial charge on any atom is 0.182 e. The van der Waals surface area contributed by atoms with Gasteiger partial charge in [-0.3, -0.25) is 0 Å². The van der Waals surface area contributed by atoms with Crippen molar-refractivity contribution >= 4 is 22.5 Å². The third-order valence-electron chi connectivity index (χ3n) is 3.32. The second-order valence-corrected chi connectivity index (χ2v) is 4.52. The minimum absolute atomic E-state index is 0.734. The van der Waals surface area contributed by atoms with E-state index in [-0.39, 0.29) is 0 Å². The monoisotopic (exact) mass is 232 g/mol. The maximum atomic E-state index is 6.00. The average molecular weight is 232 g/mol. The van der Waals surface area contributed by atoms with Gasteiger partial charge < -0.3 is 20.1 Å². The first-order valence-corrected chi connectivity index (χ1v) is 5.83. The Morgan fingerprint density at radius 2 is 2.00 bits per heavy atom. The lowest BCUT2D eigenvalue weighted by Crippen LogP contribution is -2.44. The minimum atomic E-state index is 0.734. The van der Waals surface area contributed by atoms with E-state index in [1.807, 2.05) is 18.2 Å². The SMILES string of the molecule is CN1CCN(c2noc3cccc(N)c23)CC1. The van der Waals surface area contributed by atoms with Gasteiger partial charge in [0.2, 0.25) is 0 Å². The normalized spacial score (nSPS) is 17.8. The van der Waals surface area contributed by atoms with Crippen molar-refractivity contribution in [3.63, 3.8) is 0 Å². The smallest absolute Gasteiger partial charge is 0.182 e. The van der Waals surface area contributed by atoms with E-state index in [9.17, 15) is 0 Å². The molecule has 0 aliphatic carbocycles. The molecule has 1 aromatic carbocycles. The third-order valence-corrected chi connectivity index (χ3v) is 3.32. The Balaban J connectivity index is 2.00. The van der Waals surface area contributed by atoms with Gasteiger partial charge in [0.25, 0.3) is 0 Å². The van der Waals surface area contributed by atoms with Crippen LogP contribution >= 0.6 is 0 Å². The lowest BCUT2D eigenvalue weighted by molar-refractivity contribution is 0.310. The van der Waals surface area contributed by atoms with Crippen LogP contribution in [0.25, 0.3) is 11.0 Å². The molecule has 2 N–H and O–H groups in total. The van der Waals surface area contributed by atoms with Crippen LogP contribution in [0.5, 0.6) is 0 Å². The predicted octanol–water partition coefficient (Wildman–Crippen LogP) is 1.16. The highest BCUT2D eigenvalue weighted by Gasteiger charge is 2.20. The fraction of sp³-hybridized carbons (Fsp3) is 0.417. The van der Waals surface area contributed by atoms with Crippen LogP contribution in [0.15, 0.2) is 22.7 Å². The van der Waals surface area contributed by atoms with E-state index < -0.39 is 0 Å². The number of aromatic nitrogens is 1. The number of fused-ring (bicyclic) bond motifs is 1. The number of anilines is 2. The van der Waals surface area contributed by atoms with Crippen LogP contribution in [0.4, 0.5) is 11.5 Å². The number of benzene rings is 1. The van der Waals surface area contributed by atoms with Gasteiger partial charge >= 0.3 is 0 Å². The average Bonchev–Trinajstić information content (AvgIpc) is 2.75. The number of nitrogen functional groups attached to an aromatic ring is 1. The van der Waals surface area contributed by atoms with Crippen molar-refractivity contribution in [2.45, 2.75) is 0 Å². The molecule has 0 bridgehead atoms. The number of hydrogen-bond donors (Lipinski definition) is 1. The summed E-state index contributed by atoms with van der Waals surface area (Å²) in [5, 5.41) is 5.10. The van der Waals surface area contributed by atoms with Gasteiger partial charge in [-0.15, -0.1) is 0 Å². The van der Waals surface area contributed by atoms with Crippen LogP contribution in [0, 0.1) is 0 Å². The number of rotatable bonds is 1. The molecule has 5 nitrogen and oxygen atoms in total. The summed E-state index contributed by atoms with van der Waals surface area (Å²) in [5.41, 5.74) is 7.50. The van der Waals surface area contributed by atoms with Gasteiger partial charge in [-0.1, -0.05) is 11.2 Å². The summed E-state index contributed by atoms with van der Waals surface area (Å²) in [7, 11) is 2.13. The van der Waals surface area contributed by atoms with E-state index in [4.69, 9.17) is 10.3 Å². The Kier molecular flexibility index (Phi) is 2.40. The molecule has 1 saturated heterocycles. The van der Waals surface area contributed by atoms with E-state index in [1.165, 1.54) is 0 Å². The van der Waals surface area contributed by atoms with Crippen molar-refractivity contribution in [2.75, 3.05) is 43.9 Å². The lowest BCUT2D eigenvalue weighted by Gasteiger charge is -2.32. The largest absolute Gasteiger partial charge is 0.398 e. The molecular weight excluding hydrogens is 216 g/mol. The summed E-state index contributed by atoms with van der Waals surface area (Å²) < 4.78 is 5.32. The van der Waals surface area contributed by atoms with Gasteiger partial charge in [0.05, 0.1) is 5.39 Å². The molecule has 0 atom stereocenters. The van der Waals surface area contributed by atoms with E-state index in [0.29, 0.717) is 0 Å². The summed E-state index contributed by atoms with van der Waals surface area (Å²) in [6.45, 7) is 4.01. The standard InChI is InChI=1S/C12H16N4O/c1-15-5-7-16(8-6-15)12-11-9(13)3-2-4-10(11)17-14-12/h2-4H,5-8,13H2,1H3. The van der Waals surface area contributed by atoms with Gasteiger partial charge in [0.1, 0.15) is 0 Å². The summed E-state index contributed by atoms with van der Waals surface area (Å²) in [5.74, 6) is 0.881. The van der Waals surface area contributed by atoms with Crippen molar-refractivity contribution < 1.29 is 4.52 Å². The Morgan fingerprint density at radius 3 is 2.76 bits per heavy atom. The molecule has 1 aromatic heterocycles. The predicted molar refractivity (Wildman–Crippen MR) is 68.1 cm³/mol. The molecule has 0 spiro atoms. The van der Waals surface area contributed by atoms with E-state index in [2.05, 4.69) is 22.0 Å². The van der Waals surface area contributed by atoms with Crippen molar-refractivity contribution in [3.8, 4) is 0 Å². The zero-order valence-corrected chi connectivity index (χ0v) is 9.89. The molecule has 17 heavy (non-hydrogen) atoms. The lowest BCUT2D eigenvalue weighted by atomic mass is 10.2. The second kappa shape index (κ2) is 3.92. The maximum absolute atomic E-state index is 6.00. The van der Waals surface area contributed by atoms with Gasteiger partial charge in [-0.25, -0.2) is 0 Å². The van der Waals surface area contributed by atoms with Crippen LogP contribution in [0.1, 0.15) is 0 Å².